The standard InChI is InChI=1S/C18H16ClNO/c19-17-8-6-15(7-9-17)16-10-18(21)13-20(12-16)11-14-4-2-1-3-5-14/h1-10H,11-13H2. The molecule has 21 heavy (non-hydrogen) atoms. The van der Waals surface area contributed by atoms with Crippen LogP contribution in [0.25, 0.3) is 5.57 Å². The molecule has 3 rings (SSSR count). The molecule has 2 aromatic rings. The van der Waals surface area contributed by atoms with Crippen LogP contribution in [0.5, 0.6) is 0 Å². The van der Waals surface area contributed by atoms with Crippen LogP contribution in [0.15, 0.2) is 60.7 Å². The Labute approximate surface area is 129 Å². The van der Waals surface area contributed by atoms with Gasteiger partial charge in [0.1, 0.15) is 0 Å². The van der Waals surface area contributed by atoms with E-state index in [1.807, 2.05) is 42.5 Å². The van der Waals surface area contributed by atoms with Gasteiger partial charge in [0, 0.05) is 18.1 Å². The van der Waals surface area contributed by atoms with E-state index in [1.165, 1.54) is 5.56 Å². The first kappa shape index (κ1) is 14.1. The van der Waals surface area contributed by atoms with Gasteiger partial charge in [-0.1, -0.05) is 54.1 Å². The number of halogens is 1. The number of hydrogen-bond acceptors (Lipinski definition) is 2. The average molecular weight is 298 g/mol. The van der Waals surface area contributed by atoms with Gasteiger partial charge in [-0.15, -0.1) is 0 Å². The zero-order valence-corrected chi connectivity index (χ0v) is 12.4. The Morgan fingerprint density at radius 2 is 1.67 bits per heavy atom. The molecule has 0 fully saturated rings. The summed E-state index contributed by atoms with van der Waals surface area (Å²) in [5.41, 5.74) is 3.34. The van der Waals surface area contributed by atoms with Crippen LogP contribution in [-0.2, 0) is 11.3 Å². The zero-order valence-electron chi connectivity index (χ0n) is 11.6. The molecule has 1 aliphatic rings. The minimum atomic E-state index is 0.155. The molecule has 1 aliphatic heterocycles. The van der Waals surface area contributed by atoms with E-state index >= 15 is 0 Å². The van der Waals surface area contributed by atoms with E-state index in [-0.39, 0.29) is 5.78 Å². The van der Waals surface area contributed by atoms with Crippen molar-refractivity contribution in [3.8, 4) is 0 Å². The third-order valence-corrected chi connectivity index (χ3v) is 3.82. The minimum Gasteiger partial charge on any atom is -0.293 e. The molecule has 0 aliphatic carbocycles. The predicted molar refractivity (Wildman–Crippen MR) is 86.2 cm³/mol. The summed E-state index contributed by atoms with van der Waals surface area (Å²) in [7, 11) is 0. The van der Waals surface area contributed by atoms with Crippen molar-refractivity contribution in [2.75, 3.05) is 13.1 Å². The normalized spacial score (nSPS) is 15.9. The molecule has 2 aromatic carbocycles. The molecule has 0 atom stereocenters. The highest BCUT2D eigenvalue weighted by atomic mass is 35.5. The molecule has 0 bridgehead atoms. The summed E-state index contributed by atoms with van der Waals surface area (Å²) in [4.78, 5) is 14.1. The van der Waals surface area contributed by atoms with Crippen LogP contribution in [0, 0.1) is 0 Å². The second kappa shape index (κ2) is 6.25. The smallest absolute Gasteiger partial charge is 0.170 e. The summed E-state index contributed by atoms with van der Waals surface area (Å²) in [6, 6.07) is 17.9. The predicted octanol–water partition coefficient (Wildman–Crippen LogP) is 3.81. The van der Waals surface area contributed by atoms with Crippen LogP contribution in [0.1, 0.15) is 11.1 Å². The monoisotopic (exact) mass is 297 g/mol. The Morgan fingerprint density at radius 3 is 2.38 bits per heavy atom. The third-order valence-electron chi connectivity index (χ3n) is 3.57. The largest absolute Gasteiger partial charge is 0.293 e. The molecule has 0 saturated heterocycles. The van der Waals surface area contributed by atoms with Crippen molar-refractivity contribution in [2.24, 2.45) is 0 Å². The minimum absolute atomic E-state index is 0.155. The Kier molecular flexibility index (Phi) is 4.18. The van der Waals surface area contributed by atoms with Crippen LogP contribution < -0.4 is 0 Å². The van der Waals surface area contributed by atoms with Crippen molar-refractivity contribution in [2.45, 2.75) is 6.54 Å². The number of carbonyl (C=O) groups excluding carboxylic acids is 1. The third kappa shape index (κ3) is 3.60. The van der Waals surface area contributed by atoms with E-state index in [9.17, 15) is 4.79 Å². The average Bonchev–Trinajstić information content (AvgIpc) is 2.48. The van der Waals surface area contributed by atoms with Gasteiger partial charge in [-0.2, -0.15) is 0 Å². The quantitative estimate of drug-likeness (QED) is 0.858. The van der Waals surface area contributed by atoms with Crippen molar-refractivity contribution in [1.29, 1.82) is 0 Å². The first-order valence-corrected chi connectivity index (χ1v) is 7.34. The lowest BCUT2D eigenvalue weighted by Crippen LogP contribution is -2.34. The molecule has 1 heterocycles. The molecule has 2 nitrogen and oxygen atoms in total. The molecule has 0 radical (unpaired) electrons. The van der Waals surface area contributed by atoms with Gasteiger partial charge in [-0.3, -0.25) is 9.69 Å². The maximum atomic E-state index is 12.0. The van der Waals surface area contributed by atoms with Crippen molar-refractivity contribution in [3.05, 3.63) is 76.8 Å². The van der Waals surface area contributed by atoms with Gasteiger partial charge in [0.15, 0.2) is 5.78 Å². The van der Waals surface area contributed by atoms with E-state index in [0.29, 0.717) is 11.6 Å². The van der Waals surface area contributed by atoms with Crippen molar-refractivity contribution in [3.63, 3.8) is 0 Å². The van der Waals surface area contributed by atoms with E-state index in [4.69, 9.17) is 11.6 Å². The van der Waals surface area contributed by atoms with Gasteiger partial charge < -0.3 is 0 Å². The van der Waals surface area contributed by atoms with Crippen LogP contribution in [0.2, 0.25) is 5.02 Å². The summed E-state index contributed by atoms with van der Waals surface area (Å²) in [5, 5.41) is 0.711. The molecule has 0 N–H and O–H groups in total. The second-order valence-electron chi connectivity index (χ2n) is 5.27. The highest BCUT2D eigenvalue weighted by Crippen LogP contribution is 2.22. The molecule has 0 aromatic heterocycles. The van der Waals surface area contributed by atoms with Gasteiger partial charge in [0.25, 0.3) is 0 Å². The number of nitrogens with zero attached hydrogens (tertiary/aromatic N) is 1. The van der Waals surface area contributed by atoms with E-state index in [1.54, 1.807) is 6.08 Å². The van der Waals surface area contributed by atoms with Gasteiger partial charge in [-0.05, 0) is 34.9 Å². The Balaban J connectivity index is 1.77. The molecule has 0 saturated carbocycles. The number of benzene rings is 2. The lowest BCUT2D eigenvalue weighted by Gasteiger charge is -2.26. The fourth-order valence-electron chi connectivity index (χ4n) is 2.59. The topological polar surface area (TPSA) is 20.3 Å². The lowest BCUT2D eigenvalue weighted by atomic mass is 10.0. The van der Waals surface area contributed by atoms with Gasteiger partial charge in [-0.25, -0.2) is 0 Å². The number of ketones is 1. The SMILES string of the molecule is O=C1C=C(c2ccc(Cl)cc2)CN(Cc2ccccc2)C1. The molecule has 0 spiro atoms. The van der Waals surface area contributed by atoms with Crippen LogP contribution in [0.3, 0.4) is 0 Å². The molecule has 0 unspecified atom stereocenters. The van der Waals surface area contributed by atoms with E-state index in [0.717, 1.165) is 24.2 Å². The number of carbonyl (C=O) groups is 1. The maximum Gasteiger partial charge on any atom is 0.170 e. The molecular formula is C18H16ClNO. The fraction of sp³-hybridized carbons (Fsp3) is 0.167. The molecular weight excluding hydrogens is 282 g/mol. The maximum absolute atomic E-state index is 12.0. The Bertz CT molecular complexity index is 661. The summed E-state index contributed by atoms with van der Waals surface area (Å²) in [5.74, 6) is 0.155. The van der Waals surface area contributed by atoms with E-state index < -0.39 is 0 Å². The van der Waals surface area contributed by atoms with Crippen molar-refractivity contribution < 1.29 is 4.79 Å². The van der Waals surface area contributed by atoms with Gasteiger partial charge in [0.2, 0.25) is 0 Å². The first-order valence-electron chi connectivity index (χ1n) is 6.96. The van der Waals surface area contributed by atoms with Crippen LogP contribution in [0.4, 0.5) is 0 Å². The Morgan fingerprint density at radius 1 is 0.952 bits per heavy atom. The summed E-state index contributed by atoms with van der Waals surface area (Å²) in [6.07, 6.45) is 1.75. The van der Waals surface area contributed by atoms with Gasteiger partial charge >= 0.3 is 0 Å². The molecule has 3 heteroatoms. The summed E-state index contributed by atoms with van der Waals surface area (Å²) < 4.78 is 0. The zero-order chi connectivity index (χ0) is 14.7. The number of rotatable bonds is 3. The highest BCUT2D eigenvalue weighted by Gasteiger charge is 2.19. The van der Waals surface area contributed by atoms with Gasteiger partial charge in [0.05, 0.1) is 6.54 Å². The second-order valence-corrected chi connectivity index (χ2v) is 5.71. The molecule has 106 valence electrons. The Hall–Kier alpha value is -1.90. The fourth-order valence-corrected chi connectivity index (χ4v) is 2.72. The lowest BCUT2D eigenvalue weighted by molar-refractivity contribution is -0.116. The van der Waals surface area contributed by atoms with Crippen molar-refractivity contribution in [1.82, 2.24) is 4.90 Å². The van der Waals surface area contributed by atoms with Crippen LogP contribution in [-0.4, -0.2) is 23.8 Å². The first-order chi connectivity index (χ1) is 10.2. The van der Waals surface area contributed by atoms with Crippen molar-refractivity contribution >= 4 is 23.0 Å². The molecule has 0 amide bonds. The van der Waals surface area contributed by atoms with E-state index in [2.05, 4.69) is 17.0 Å². The highest BCUT2D eigenvalue weighted by molar-refractivity contribution is 6.30. The number of hydrogen-bond donors (Lipinski definition) is 0. The van der Waals surface area contributed by atoms with Crippen LogP contribution >= 0.6 is 11.6 Å². The summed E-state index contributed by atoms with van der Waals surface area (Å²) in [6.45, 7) is 2.05. The summed E-state index contributed by atoms with van der Waals surface area (Å²) >= 11 is 5.92.